The minimum absolute atomic E-state index is 0.210. The summed E-state index contributed by atoms with van der Waals surface area (Å²) in [5, 5.41) is 2.22. The zero-order valence-corrected chi connectivity index (χ0v) is 21.9. The van der Waals surface area contributed by atoms with Crippen molar-refractivity contribution in [2.24, 2.45) is 0 Å². The fourth-order valence-electron chi connectivity index (χ4n) is 4.59. The Balaban J connectivity index is 2.15. The predicted molar refractivity (Wildman–Crippen MR) is 143 cm³/mol. The van der Waals surface area contributed by atoms with E-state index < -0.39 is 10.1 Å². The third-order valence-corrected chi connectivity index (χ3v) is 7.63. The van der Waals surface area contributed by atoms with Crippen LogP contribution in [-0.4, -0.2) is 39.1 Å². The monoisotopic (exact) mass is 513 g/mol. The average molecular weight is 514 g/mol. The van der Waals surface area contributed by atoms with Crippen molar-refractivity contribution in [1.82, 2.24) is 4.58 Å². The van der Waals surface area contributed by atoms with Crippen molar-refractivity contribution in [2.45, 2.75) is 32.6 Å². The van der Waals surface area contributed by atoms with Gasteiger partial charge in [0.15, 0.2) is 0 Å². The van der Waals surface area contributed by atoms with Gasteiger partial charge in [-0.25, -0.2) is 4.58 Å². The Hall–Kier alpha value is -2.87. The maximum absolute atomic E-state index is 11.9. The van der Waals surface area contributed by atoms with E-state index in [2.05, 4.69) is 37.2 Å². The van der Waals surface area contributed by atoms with E-state index in [1.807, 2.05) is 36.4 Å². The fraction of sp³-hybridized carbons (Fsp3) is 0.296. The van der Waals surface area contributed by atoms with Crippen molar-refractivity contribution in [3.05, 3.63) is 65.0 Å². The van der Waals surface area contributed by atoms with Gasteiger partial charge in [-0.2, -0.15) is 8.42 Å². The molecule has 1 aliphatic carbocycles. The molecule has 0 unspecified atom stereocenters. The molecule has 0 aromatic heterocycles. The minimum Gasteiger partial charge on any atom is -0.456 e. The van der Waals surface area contributed by atoms with Gasteiger partial charge in [-0.15, -0.1) is 0 Å². The second-order valence-electron chi connectivity index (χ2n) is 8.30. The minimum atomic E-state index is -4.40. The molecule has 1 N–H and O–H groups in total. The Morgan fingerprint density at radius 3 is 2.26 bits per heavy atom. The quantitative estimate of drug-likeness (QED) is 0.193. The van der Waals surface area contributed by atoms with E-state index in [-0.39, 0.29) is 4.90 Å². The summed E-state index contributed by atoms with van der Waals surface area (Å²) in [6.45, 7) is 11.9. The largest absolute Gasteiger partial charge is 0.456 e. The second kappa shape index (κ2) is 10.0. The molecule has 0 radical (unpaired) electrons. The van der Waals surface area contributed by atoms with Gasteiger partial charge in [-0.3, -0.25) is 4.55 Å². The normalized spacial score (nSPS) is 11.8. The summed E-state index contributed by atoms with van der Waals surface area (Å²) in [6, 6.07) is 16.3. The molecule has 6 nitrogen and oxygen atoms in total. The van der Waals surface area contributed by atoms with Crippen LogP contribution in [-0.2, 0) is 10.1 Å². The van der Waals surface area contributed by atoms with Crippen LogP contribution < -0.4 is 14.8 Å². The van der Waals surface area contributed by atoms with Crippen LogP contribution in [0, 0.1) is 0 Å². The molecule has 0 spiro atoms. The molecule has 184 valence electrons. The summed E-state index contributed by atoms with van der Waals surface area (Å²) >= 11 is 6.61. The highest BCUT2D eigenvalue weighted by Gasteiger charge is 2.22. The molecule has 0 bridgehead atoms. The van der Waals surface area contributed by atoms with Crippen LogP contribution in [0.25, 0.3) is 33.4 Å². The van der Waals surface area contributed by atoms with Gasteiger partial charge in [0.2, 0.25) is 5.36 Å². The molecule has 1 aliphatic heterocycles. The highest BCUT2D eigenvalue weighted by atomic mass is 35.5. The van der Waals surface area contributed by atoms with Gasteiger partial charge >= 0.3 is 0 Å². The SMILES string of the molecule is CCN(CC)c1ccc2c(-c3cc(S(=O)(=O)O)ccc3Cl)c3ccc(=[N+](CC)CC)cc-3oc2c1. The van der Waals surface area contributed by atoms with E-state index in [1.54, 1.807) is 0 Å². The smallest absolute Gasteiger partial charge is 0.294 e. The van der Waals surface area contributed by atoms with Gasteiger partial charge in [0.25, 0.3) is 10.1 Å². The predicted octanol–water partition coefficient (Wildman–Crippen LogP) is 5.76. The number of nitrogens with zero attached hydrogens (tertiary/aromatic N) is 2. The number of benzene rings is 3. The number of halogens is 1. The van der Waals surface area contributed by atoms with E-state index in [0.717, 1.165) is 53.7 Å². The van der Waals surface area contributed by atoms with Crippen molar-refractivity contribution in [2.75, 3.05) is 31.1 Å². The number of anilines is 1. The summed E-state index contributed by atoms with van der Waals surface area (Å²) in [7, 11) is -4.40. The molecular formula is C27H30ClN2O4S+. The zero-order chi connectivity index (χ0) is 25.3. The highest BCUT2D eigenvalue weighted by molar-refractivity contribution is 7.85. The molecule has 4 rings (SSSR count). The Kier molecular flexibility index (Phi) is 7.22. The lowest BCUT2D eigenvalue weighted by atomic mass is 9.93. The van der Waals surface area contributed by atoms with E-state index >= 15 is 0 Å². The van der Waals surface area contributed by atoms with E-state index in [9.17, 15) is 13.0 Å². The van der Waals surface area contributed by atoms with Crippen molar-refractivity contribution < 1.29 is 17.4 Å². The first-order valence-corrected chi connectivity index (χ1v) is 13.6. The molecule has 0 saturated heterocycles. The Labute approximate surface area is 211 Å². The summed E-state index contributed by atoms with van der Waals surface area (Å²) in [4.78, 5) is 2.02. The Bertz CT molecular complexity index is 1530. The van der Waals surface area contributed by atoms with Crippen LogP contribution in [0.3, 0.4) is 0 Å². The van der Waals surface area contributed by atoms with Crippen molar-refractivity contribution >= 4 is 38.4 Å². The van der Waals surface area contributed by atoms with Gasteiger partial charge in [0, 0.05) is 58.0 Å². The lowest BCUT2D eigenvalue weighted by Crippen LogP contribution is -2.29. The summed E-state index contributed by atoms with van der Waals surface area (Å²) in [6.07, 6.45) is 0. The molecule has 0 atom stereocenters. The molecule has 1 heterocycles. The Morgan fingerprint density at radius 2 is 1.63 bits per heavy atom. The van der Waals surface area contributed by atoms with E-state index in [1.165, 1.54) is 18.2 Å². The second-order valence-corrected chi connectivity index (χ2v) is 10.1. The van der Waals surface area contributed by atoms with Gasteiger partial charge in [0.1, 0.15) is 24.4 Å². The summed E-state index contributed by atoms with van der Waals surface area (Å²) < 4.78 is 42.2. The lowest BCUT2D eigenvalue weighted by molar-refractivity contribution is 0.483. The van der Waals surface area contributed by atoms with Crippen LogP contribution in [0.4, 0.5) is 5.69 Å². The third-order valence-electron chi connectivity index (χ3n) is 6.45. The number of fused-ring (bicyclic) bond motifs is 2. The first kappa shape index (κ1) is 25.2. The van der Waals surface area contributed by atoms with Gasteiger partial charge in [-0.1, -0.05) is 11.6 Å². The number of hydrogen-bond acceptors (Lipinski definition) is 4. The van der Waals surface area contributed by atoms with E-state index in [4.69, 9.17) is 16.0 Å². The molecule has 8 heteroatoms. The Morgan fingerprint density at radius 1 is 0.914 bits per heavy atom. The fourth-order valence-corrected chi connectivity index (χ4v) is 5.30. The van der Waals surface area contributed by atoms with Crippen LogP contribution in [0.15, 0.2) is 63.9 Å². The van der Waals surface area contributed by atoms with Crippen LogP contribution >= 0.6 is 11.6 Å². The van der Waals surface area contributed by atoms with Crippen molar-refractivity contribution in [1.29, 1.82) is 0 Å². The summed E-state index contributed by atoms with van der Waals surface area (Å²) in [5.41, 5.74) is 3.78. The molecular weight excluding hydrogens is 484 g/mol. The summed E-state index contributed by atoms with van der Waals surface area (Å²) in [5.74, 6) is 0.668. The maximum atomic E-state index is 11.9. The molecule has 0 fully saturated rings. The van der Waals surface area contributed by atoms with Crippen LogP contribution in [0.5, 0.6) is 0 Å². The first-order valence-electron chi connectivity index (χ1n) is 11.8. The molecule has 0 amide bonds. The lowest BCUT2D eigenvalue weighted by Gasteiger charge is -2.22. The number of hydrogen-bond donors (Lipinski definition) is 1. The topological polar surface area (TPSA) is 73.8 Å². The first-order chi connectivity index (χ1) is 16.7. The molecule has 2 aromatic carbocycles. The van der Waals surface area contributed by atoms with Gasteiger partial charge in [-0.05, 0) is 64.1 Å². The van der Waals surface area contributed by atoms with Gasteiger partial charge < -0.3 is 9.32 Å². The van der Waals surface area contributed by atoms with E-state index in [0.29, 0.717) is 21.9 Å². The van der Waals surface area contributed by atoms with Crippen molar-refractivity contribution in [3.8, 4) is 22.5 Å². The van der Waals surface area contributed by atoms with Crippen molar-refractivity contribution in [3.63, 3.8) is 0 Å². The molecule has 0 saturated carbocycles. The molecule has 35 heavy (non-hydrogen) atoms. The zero-order valence-electron chi connectivity index (χ0n) is 20.4. The number of rotatable bonds is 7. The van der Waals surface area contributed by atoms with Crippen LogP contribution in [0.1, 0.15) is 27.7 Å². The van der Waals surface area contributed by atoms with Crippen LogP contribution in [0.2, 0.25) is 5.02 Å². The standard InChI is InChI=1S/C27H29ClN2O4S/c1-5-29(6-2)18-9-12-21-25(15-18)34-26-16-19(30(7-3)8-4)10-13-22(26)27(21)23-17-20(35(31,32)33)11-14-24(23)28/h9-17H,5-8H2,1-4H3/p+1. The average Bonchev–Trinajstić information content (AvgIpc) is 2.83. The maximum Gasteiger partial charge on any atom is 0.294 e. The molecule has 2 aliphatic rings. The molecule has 2 aromatic rings. The highest BCUT2D eigenvalue weighted by Crippen LogP contribution is 2.43. The van der Waals surface area contributed by atoms with Gasteiger partial charge in [0.05, 0.1) is 11.0 Å². The third kappa shape index (κ3) is 4.81.